The molecule has 0 amide bonds. The van der Waals surface area contributed by atoms with Crippen molar-refractivity contribution in [2.24, 2.45) is 13.0 Å². The number of ether oxygens (including phenoxy) is 1. The van der Waals surface area contributed by atoms with E-state index >= 15 is 0 Å². The van der Waals surface area contributed by atoms with E-state index in [0.717, 1.165) is 10.9 Å². The molecule has 1 aromatic carbocycles. The van der Waals surface area contributed by atoms with Crippen LogP contribution in [0.25, 0.3) is 10.9 Å². The van der Waals surface area contributed by atoms with Crippen LogP contribution in [-0.2, 0) is 16.6 Å². The number of carbonyl (C=O) groups excluding carboxylic acids is 2. The first-order chi connectivity index (χ1) is 12.5. The predicted molar refractivity (Wildman–Crippen MR) is 100 cm³/mol. The predicted octanol–water partition coefficient (Wildman–Crippen LogP) is 2.66. The number of hydrogen-bond donors (Lipinski definition) is 1. The molecule has 26 heavy (non-hydrogen) atoms. The first-order valence-electron chi connectivity index (χ1n) is 8.69. The summed E-state index contributed by atoms with van der Waals surface area (Å²) in [6, 6.07) is 7.43. The van der Waals surface area contributed by atoms with Gasteiger partial charge in [0.2, 0.25) is 0 Å². The monoisotopic (exact) mass is 354 g/mol. The molecule has 1 aromatic heterocycles. The molecule has 0 aliphatic heterocycles. The molecule has 1 fully saturated rings. The smallest absolute Gasteiger partial charge is 0.345 e. The number of nitrogens with one attached hydrogen (secondary N) is 1. The van der Waals surface area contributed by atoms with E-state index in [1.807, 2.05) is 24.3 Å². The molecular weight excluding hydrogens is 332 g/mol. The van der Waals surface area contributed by atoms with Gasteiger partial charge in [0.25, 0.3) is 5.56 Å². The molecule has 1 aliphatic carbocycles. The Kier molecular flexibility index (Phi) is 4.93. The minimum Gasteiger partial charge on any atom is -0.462 e. The molecule has 2 aromatic rings. The average molecular weight is 354 g/mol. The molecule has 0 spiro atoms. The summed E-state index contributed by atoms with van der Waals surface area (Å²) in [4.78, 5) is 36.9. The zero-order valence-electron chi connectivity index (χ0n) is 15.0. The van der Waals surface area contributed by atoms with Crippen LogP contribution in [0.1, 0.15) is 30.1 Å². The maximum absolute atomic E-state index is 12.8. The van der Waals surface area contributed by atoms with Crippen LogP contribution in [-0.4, -0.2) is 29.0 Å². The third-order valence-electron chi connectivity index (χ3n) is 4.87. The van der Waals surface area contributed by atoms with Crippen LogP contribution in [0.2, 0.25) is 0 Å². The highest BCUT2D eigenvalue weighted by Gasteiger charge is 2.34. The Morgan fingerprint density at radius 1 is 1.35 bits per heavy atom. The van der Waals surface area contributed by atoms with Gasteiger partial charge >= 0.3 is 5.97 Å². The summed E-state index contributed by atoms with van der Waals surface area (Å²) in [6.07, 6.45) is 2.64. The van der Waals surface area contributed by atoms with Crippen LogP contribution in [0.15, 0.2) is 41.7 Å². The Morgan fingerprint density at radius 3 is 2.69 bits per heavy atom. The lowest BCUT2D eigenvalue weighted by Crippen LogP contribution is -2.40. The number of benzene rings is 1. The number of allylic oxidation sites excluding steroid dienone is 1. The van der Waals surface area contributed by atoms with Gasteiger partial charge in [-0.3, -0.25) is 9.59 Å². The van der Waals surface area contributed by atoms with Crippen molar-refractivity contribution in [2.75, 3.05) is 11.9 Å². The zero-order chi connectivity index (χ0) is 18.8. The van der Waals surface area contributed by atoms with E-state index in [0.29, 0.717) is 18.5 Å². The van der Waals surface area contributed by atoms with Crippen molar-refractivity contribution in [1.29, 1.82) is 0 Å². The second kappa shape index (κ2) is 7.15. The molecule has 1 N–H and O–H groups in total. The molecule has 0 unspecified atom stereocenters. The number of ketones is 1. The maximum atomic E-state index is 12.8. The zero-order valence-corrected chi connectivity index (χ0v) is 15.0. The number of aryl methyl sites for hydroxylation is 1. The van der Waals surface area contributed by atoms with E-state index in [-0.39, 0.29) is 29.9 Å². The number of carbonyl (C=O) groups is 2. The number of rotatable bonds is 6. The van der Waals surface area contributed by atoms with E-state index in [1.54, 1.807) is 14.0 Å². The molecule has 1 aliphatic rings. The molecule has 6 nitrogen and oxygen atoms in total. The first-order valence-corrected chi connectivity index (χ1v) is 8.69. The van der Waals surface area contributed by atoms with Crippen molar-refractivity contribution < 1.29 is 14.3 Å². The minimum atomic E-state index is -0.639. The third kappa shape index (κ3) is 3.03. The van der Waals surface area contributed by atoms with E-state index in [2.05, 4.69) is 11.9 Å². The van der Waals surface area contributed by atoms with E-state index < -0.39 is 11.5 Å². The Hall–Kier alpha value is -2.89. The Morgan fingerprint density at radius 2 is 2.04 bits per heavy atom. The normalized spacial score (nSPS) is 18.8. The van der Waals surface area contributed by atoms with Crippen molar-refractivity contribution in [3.8, 4) is 0 Å². The van der Waals surface area contributed by atoms with Gasteiger partial charge in [0.05, 0.1) is 17.8 Å². The topological polar surface area (TPSA) is 77.4 Å². The van der Waals surface area contributed by atoms with E-state index in [9.17, 15) is 14.4 Å². The summed E-state index contributed by atoms with van der Waals surface area (Å²) in [5.74, 6) is -0.657. The molecule has 0 saturated heterocycles. The highest BCUT2D eigenvalue weighted by molar-refractivity contribution is 6.05. The number of aromatic nitrogens is 1. The van der Waals surface area contributed by atoms with Gasteiger partial charge < -0.3 is 14.6 Å². The molecule has 6 heteroatoms. The van der Waals surface area contributed by atoms with Gasteiger partial charge in [0, 0.05) is 24.4 Å². The van der Waals surface area contributed by atoms with Gasteiger partial charge in [-0.05, 0) is 31.9 Å². The lowest BCUT2D eigenvalue weighted by molar-refractivity contribution is -0.120. The van der Waals surface area contributed by atoms with Gasteiger partial charge in [-0.2, -0.15) is 0 Å². The molecule has 1 heterocycles. The number of fused-ring (bicyclic) bond motifs is 1. The summed E-state index contributed by atoms with van der Waals surface area (Å²) in [5.41, 5.74) is 0.817. The average Bonchev–Trinajstić information content (AvgIpc) is 2.61. The lowest BCUT2D eigenvalue weighted by Gasteiger charge is -2.35. The van der Waals surface area contributed by atoms with Crippen LogP contribution >= 0.6 is 0 Å². The highest BCUT2D eigenvalue weighted by Crippen LogP contribution is 2.34. The Labute approximate surface area is 151 Å². The third-order valence-corrected chi connectivity index (χ3v) is 4.87. The number of para-hydroxylation sites is 1. The summed E-state index contributed by atoms with van der Waals surface area (Å²) in [5, 5.41) is 4.08. The molecule has 3 rings (SSSR count). The lowest BCUT2D eigenvalue weighted by atomic mass is 9.77. The van der Waals surface area contributed by atoms with Crippen molar-refractivity contribution in [2.45, 2.75) is 25.8 Å². The van der Waals surface area contributed by atoms with E-state index in [4.69, 9.17) is 4.74 Å². The largest absolute Gasteiger partial charge is 0.462 e. The molecule has 136 valence electrons. The number of hydrogen-bond acceptors (Lipinski definition) is 5. The molecule has 0 bridgehead atoms. The fourth-order valence-corrected chi connectivity index (χ4v) is 3.38. The van der Waals surface area contributed by atoms with Crippen LogP contribution in [0.4, 0.5) is 5.69 Å². The number of pyridine rings is 1. The van der Waals surface area contributed by atoms with E-state index in [1.165, 1.54) is 10.6 Å². The Balaban J connectivity index is 2.05. The second-order valence-corrected chi connectivity index (χ2v) is 6.47. The molecule has 1 saturated carbocycles. The summed E-state index contributed by atoms with van der Waals surface area (Å²) >= 11 is 0. The SMILES string of the molecule is C=CC(=O)C1CC(Nc2c(C(=O)OCC)c(=O)n(C)c3ccccc23)C1. The summed E-state index contributed by atoms with van der Waals surface area (Å²) in [7, 11) is 1.64. The van der Waals surface area contributed by atoms with Crippen molar-refractivity contribution in [3.05, 3.63) is 52.8 Å². The van der Waals surface area contributed by atoms with Gasteiger partial charge in [-0.15, -0.1) is 0 Å². The van der Waals surface area contributed by atoms with Crippen LogP contribution in [0.3, 0.4) is 0 Å². The quantitative estimate of drug-likeness (QED) is 0.637. The highest BCUT2D eigenvalue weighted by atomic mass is 16.5. The van der Waals surface area contributed by atoms with Gasteiger partial charge in [0.1, 0.15) is 5.56 Å². The molecular formula is C20H22N2O4. The van der Waals surface area contributed by atoms with Crippen molar-refractivity contribution in [1.82, 2.24) is 4.57 Å². The van der Waals surface area contributed by atoms with Gasteiger partial charge in [0.15, 0.2) is 5.78 Å². The number of nitrogens with zero attached hydrogens (tertiary/aromatic N) is 1. The second-order valence-electron chi connectivity index (χ2n) is 6.47. The van der Waals surface area contributed by atoms with Crippen molar-refractivity contribution in [3.63, 3.8) is 0 Å². The van der Waals surface area contributed by atoms with Crippen LogP contribution < -0.4 is 10.9 Å². The van der Waals surface area contributed by atoms with Crippen LogP contribution in [0.5, 0.6) is 0 Å². The molecule has 0 radical (unpaired) electrons. The van der Waals surface area contributed by atoms with Gasteiger partial charge in [-0.25, -0.2) is 4.79 Å². The fraction of sp³-hybridized carbons (Fsp3) is 0.350. The number of esters is 1. The summed E-state index contributed by atoms with van der Waals surface area (Å²) in [6.45, 7) is 5.41. The number of anilines is 1. The minimum absolute atomic E-state index is 0.00606. The molecule has 0 atom stereocenters. The standard InChI is InChI=1S/C20H22N2O4/c1-4-16(23)12-10-13(11-12)21-18-14-8-6-7-9-15(14)22(3)19(24)17(18)20(25)26-5-2/h4,6-9,12-13,21H,1,5,10-11H2,2-3H3. The van der Waals surface area contributed by atoms with Crippen molar-refractivity contribution >= 4 is 28.3 Å². The summed E-state index contributed by atoms with van der Waals surface area (Å²) < 4.78 is 6.56. The maximum Gasteiger partial charge on any atom is 0.345 e. The fourth-order valence-electron chi connectivity index (χ4n) is 3.38. The van der Waals surface area contributed by atoms with Crippen LogP contribution in [0, 0.1) is 5.92 Å². The van der Waals surface area contributed by atoms with Gasteiger partial charge in [-0.1, -0.05) is 24.8 Å². The Bertz CT molecular complexity index is 939. The first kappa shape index (κ1) is 17.9.